The second-order valence-corrected chi connectivity index (χ2v) is 5.39. The molecule has 1 aromatic rings. The quantitative estimate of drug-likeness (QED) is 0.609. The van der Waals surface area contributed by atoms with Crippen molar-refractivity contribution in [3.63, 3.8) is 0 Å². The van der Waals surface area contributed by atoms with E-state index in [-0.39, 0.29) is 16.0 Å². The zero-order valence-corrected chi connectivity index (χ0v) is 10.5. The molecule has 1 aromatic carbocycles. The fourth-order valence-electron chi connectivity index (χ4n) is 3.17. The largest absolute Gasteiger partial charge is 0.378 e. The number of piperidine rings is 1. The van der Waals surface area contributed by atoms with Crippen LogP contribution in [0.5, 0.6) is 0 Å². The van der Waals surface area contributed by atoms with Gasteiger partial charge < -0.3 is 10.2 Å². The van der Waals surface area contributed by atoms with Crippen LogP contribution in [0, 0.1) is 10.1 Å². The molecule has 0 aromatic heterocycles. The first-order valence-corrected chi connectivity index (χ1v) is 6.33. The smallest absolute Gasteiger partial charge is 0.292 e. The van der Waals surface area contributed by atoms with Crippen LogP contribution in [0.1, 0.15) is 18.4 Å². The Hall–Kier alpha value is -1.62. The molecule has 96 valence electrons. The number of hydrogen-bond donors (Lipinski definition) is 1. The Bertz CT molecular complexity index is 493. The maximum atomic E-state index is 11.0. The van der Waals surface area contributed by atoms with Gasteiger partial charge in [0, 0.05) is 18.0 Å². The van der Waals surface area contributed by atoms with Gasteiger partial charge in [-0.2, -0.15) is 0 Å². The van der Waals surface area contributed by atoms with E-state index >= 15 is 0 Å². The third-order valence-electron chi connectivity index (χ3n) is 4.36. The summed E-state index contributed by atoms with van der Waals surface area (Å²) in [4.78, 5) is 13.1. The van der Waals surface area contributed by atoms with Crippen LogP contribution >= 0.6 is 0 Å². The van der Waals surface area contributed by atoms with Crippen LogP contribution < -0.4 is 5.32 Å². The lowest BCUT2D eigenvalue weighted by atomic mass is 9.74. The van der Waals surface area contributed by atoms with E-state index in [0.717, 1.165) is 43.7 Å². The molecule has 5 nitrogen and oxygen atoms in total. The summed E-state index contributed by atoms with van der Waals surface area (Å²) in [5.41, 5.74) is 2.20. The van der Waals surface area contributed by atoms with Crippen LogP contribution in [-0.2, 0) is 5.41 Å². The Morgan fingerprint density at radius 3 is 2.78 bits per heavy atom. The van der Waals surface area contributed by atoms with Gasteiger partial charge in [-0.15, -0.1) is 0 Å². The lowest BCUT2D eigenvalue weighted by Crippen LogP contribution is -2.42. The van der Waals surface area contributed by atoms with Gasteiger partial charge in [0.05, 0.1) is 4.92 Å². The van der Waals surface area contributed by atoms with E-state index in [1.165, 1.54) is 0 Å². The van der Waals surface area contributed by atoms with Crippen molar-refractivity contribution in [1.82, 2.24) is 4.90 Å². The molecule has 0 amide bonds. The Balaban J connectivity index is 2.02. The molecule has 0 aliphatic carbocycles. The summed E-state index contributed by atoms with van der Waals surface area (Å²) in [6, 6.07) is 5.44. The standard InChI is InChI=1S/C13H17N3O2/c1-15-7-5-13(6-8-15)9-14-12-10(13)3-2-4-11(12)16(17)18/h2-4,14H,5-9H2,1H3. The van der Waals surface area contributed by atoms with E-state index in [4.69, 9.17) is 0 Å². The number of rotatable bonds is 1. The first-order valence-electron chi connectivity index (χ1n) is 6.33. The summed E-state index contributed by atoms with van der Waals surface area (Å²) in [7, 11) is 2.13. The normalized spacial score (nSPS) is 21.6. The number of benzene rings is 1. The zero-order chi connectivity index (χ0) is 12.8. The SMILES string of the molecule is CN1CCC2(CC1)CNc1c([N+](=O)[O-])cccc12. The number of nitrogens with one attached hydrogen (secondary N) is 1. The minimum Gasteiger partial charge on any atom is -0.378 e. The average molecular weight is 247 g/mol. The van der Waals surface area contributed by atoms with Crippen molar-refractivity contribution in [2.24, 2.45) is 0 Å². The molecule has 1 spiro atoms. The van der Waals surface area contributed by atoms with Crippen molar-refractivity contribution in [3.05, 3.63) is 33.9 Å². The van der Waals surface area contributed by atoms with E-state index in [9.17, 15) is 10.1 Å². The van der Waals surface area contributed by atoms with Gasteiger partial charge in [0.2, 0.25) is 0 Å². The highest BCUT2D eigenvalue weighted by molar-refractivity contribution is 5.72. The molecular weight excluding hydrogens is 230 g/mol. The minimum absolute atomic E-state index is 0.105. The summed E-state index contributed by atoms with van der Waals surface area (Å²) in [6.07, 6.45) is 2.15. The van der Waals surface area contributed by atoms with Crippen LogP contribution in [0.15, 0.2) is 18.2 Å². The third kappa shape index (κ3) is 1.58. The number of nitro groups is 1. The maximum Gasteiger partial charge on any atom is 0.292 e. The number of nitro benzene ring substituents is 1. The summed E-state index contributed by atoms with van der Waals surface area (Å²) in [5, 5.41) is 14.3. The molecule has 3 rings (SSSR count). The molecular formula is C13H17N3O2. The fourth-order valence-corrected chi connectivity index (χ4v) is 3.17. The predicted molar refractivity (Wildman–Crippen MR) is 70.0 cm³/mol. The van der Waals surface area contributed by atoms with Crippen LogP contribution in [0.4, 0.5) is 11.4 Å². The number of anilines is 1. The Morgan fingerprint density at radius 1 is 1.39 bits per heavy atom. The second kappa shape index (κ2) is 3.95. The Morgan fingerprint density at radius 2 is 2.11 bits per heavy atom. The third-order valence-corrected chi connectivity index (χ3v) is 4.36. The fraction of sp³-hybridized carbons (Fsp3) is 0.538. The van der Waals surface area contributed by atoms with Gasteiger partial charge in [0.25, 0.3) is 5.69 Å². The number of para-hydroxylation sites is 1. The summed E-state index contributed by atoms with van der Waals surface area (Å²) in [5.74, 6) is 0. The predicted octanol–water partition coefficient (Wildman–Crippen LogP) is 1.98. The van der Waals surface area contributed by atoms with Crippen molar-refractivity contribution >= 4 is 11.4 Å². The van der Waals surface area contributed by atoms with E-state index in [0.29, 0.717) is 0 Å². The zero-order valence-electron chi connectivity index (χ0n) is 10.5. The summed E-state index contributed by atoms with van der Waals surface area (Å²) < 4.78 is 0. The van der Waals surface area contributed by atoms with E-state index in [1.54, 1.807) is 6.07 Å². The second-order valence-electron chi connectivity index (χ2n) is 5.39. The highest BCUT2D eigenvalue weighted by Gasteiger charge is 2.43. The van der Waals surface area contributed by atoms with Gasteiger partial charge in [-0.3, -0.25) is 10.1 Å². The topological polar surface area (TPSA) is 58.4 Å². The molecule has 2 aliphatic heterocycles. The van der Waals surface area contributed by atoms with Crippen molar-refractivity contribution in [2.45, 2.75) is 18.3 Å². The lowest BCUT2D eigenvalue weighted by molar-refractivity contribution is -0.383. The maximum absolute atomic E-state index is 11.0. The van der Waals surface area contributed by atoms with Crippen LogP contribution in [-0.4, -0.2) is 36.5 Å². The molecule has 1 N–H and O–H groups in total. The monoisotopic (exact) mass is 247 g/mol. The van der Waals surface area contributed by atoms with Gasteiger partial charge >= 0.3 is 0 Å². The molecule has 0 saturated carbocycles. The molecule has 5 heteroatoms. The molecule has 0 unspecified atom stereocenters. The van der Waals surface area contributed by atoms with Crippen molar-refractivity contribution < 1.29 is 4.92 Å². The van der Waals surface area contributed by atoms with Gasteiger partial charge in [-0.1, -0.05) is 12.1 Å². The van der Waals surface area contributed by atoms with E-state index in [1.807, 2.05) is 12.1 Å². The molecule has 0 radical (unpaired) electrons. The van der Waals surface area contributed by atoms with Crippen LogP contribution in [0.3, 0.4) is 0 Å². The Labute approximate surface area is 106 Å². The molecule has 1 saturated heterocycles. The highest BCUT2D eigenvalue weighted by atomic mass is 16.6. The van der Waals surface area contributed by atoms with Gasteiger partial charge in [-0.05, 0) is 38.5 Å². The highest BCUT2D eigenvalue weighted by Crippen LogP contribution is 2.47. The van der Waals surface area contributed by atoms with Gasteiger partial charge in [0.1, 0.15) is 5.69 Å². The first-order chi connectivity index (χ1) is 8.62. The van der Waals surface area contributed by atoms with Crippen molar-refractivity contribution in [3.8, 4) is 0 Å². The number of likely N-dealkylation sites (tertiary alicyclic amines) is 1. The van der Waals surface area contributed by atoms with Crippen molar-refractivity contribution in [2.75, 3.05) is 32.0 Å². The van der Waals surface area contributed by atoms with Crippen LogP contribution in [0.2, 0.25) is 0 Å². The lowest BCUT2D eigenvalue weighted by Gasteiger charge is -2.37. The van der Waals surface area contributed by atoms with Gasteiger partial charge in [0.15, 0.2) is 0 Å². The molecule has 2 aliphatic rings. The first kappa shape index (κ1) is 11.5. The van der Waals surface area contributed by atoms with Crippen LogP contribution in [0.25, 0.3) is 0 Å². The summed E-state index contributed by atoms with van der Waals surface area (Å²) >= 11 is 0. The van der Waals surface area contributed by atoms with Crippen molar-refractivity contribution in [1.29, 1.82) is 0 Å². The molecule has 1 fully saturated rings. The van der Waals surface area contributed by atoms with E-state index < -0.39 is 0 Å². The summed E-state index contributed by atoms with van der Waals surface area (Å²) in [6.45, 7) is 2.95. The van der Waals surface area contributed by atoms with E-state index in [2.05, 4.69) is 17.3 Å². The molecule has 18 heavy (non-hydrogen) atoms. The number of hydrogen-bond acceptors (Lipinski definition) is 4. The average Bonchev–Trinajstić information content (AvgIpc) is 2.72. The minimum atomic E-state index is -0.292. The van der Waals surface area contributed by atoms with Gasteiger partial charge in [-0.25, -0.2) is 0 Å². The number of nitrogens with zero attached hydrogens (tertiary/aromatic N) is 2. The Kier molecular flexibility index (Phi) is 2.52. The molecule has 2 heterocycles. The molecule has 0 bridgehead atoms. The number of fused-ring (bicyclic) bond motifs is 2. The molecule has 0 atom stereocenters.